The first-order valence-electron chi connectivity index (χ1n) is 42.4. The summed E-state index contributed by atoms with van der Waals surface area (Å²) in [4.78, 5) is 122. The number of fused-ring (bicyclic) bond motifs is 8. The van der Waals surface area contributed by atoms with E-state index in [9.17, 15) is 19.2 Å². The zero-order chi connectivity index (χ0) is 91.4. The van der Waals surface area contributed by atoms with Gasteiger partial charge in [0.25, 0.3) is 0 Å². The van der Waals surface area contributed by atoms with Crippen molar-refractivity contribution >= 4 is 162 Å². The van der Waals surface area contributed by atoms with Gasteiger partial charge in [-0.15, -0.1) is 45.3 Å². The van der Waals surface area contributed by atoms with Crippen molar-refractivity contribution < 1.29 is 19.2 Å². The monoisotopic (exact) mass is 1830 g/mol. The number of hydrogen-bond acceptors (Lipinski definition) is 26. The van der Waals surface area contributed by atoms with E-state index < -0.39 is 0 Å². The maximum atomic E-state index is 11.8. The molecule has 0 aliphatic heterocycles. The molecule has 24 rings (SSSR count). The molecule has 0 radical (unpaired) electrons. The molecule has 652 valence electrons. The number of rotatable bonds is 19. The van der Waals surface area contributed by atoms with Crippen LogP contribution in [0.25, 0.3) is 221 Å². The van der Waals surface area contributed by atoms with Gasteiger partial charge in [0, 0.05) is 167 Å². The predicted molar refractivity (Wildman–Crippen MR) is 529 cm³/mol. The molecule has 0 spiro atoms. The Morgan fingerprint density at radius 3 is 1.03 bits per heavy atom. The van der Waals surface area contributed by atoms with Crippen molar-refractivity contribution in [2.75, 3.05) is 12.3 Å². The molecule has 0 atom stereocenters. The van der Waals surface area contributed by atoms with E-state index in [4.69, 9.17) is 25.7 Å². The van der Waals surface area contributed by atoms with Gasteiger partial charge < -0.3 is 31.0 Å². The Balaban J connectivity index is 0.000000107. The fourth-order valence-corrected chi connectivity index (χ4v) is 19.7. The lowest BCUT2D eigenvalue weighted by atomic mass is 10.0. The molecule has 20 aromatic heterocycles. The molecule has 0 aliphatic carbocycles. The molecule has 0 saturated heterocycles. The lowest BCUT2D eigenvalue weighted by Crippen LogP contribution is -2.11. The van der Waals surface area contributed by atoms with Crippen molar-refractivity contribution in [3.05, 3.63) is 281 Å². The highest BCUT2D eigenvalue weighted by atomic mass is 32.1. The average Bonchev–Trinajstić information content (AvgIpc) is 1.62. The third-order valence-corrected chi connectivity index (χ3v) is 27.5. The molecule has 11 N–H and O–H groups in total. The number of H-pyrrole nitrogens is 8. The number of para-hydroxylation sites is 4. The van der Waals surface area contributed by atoms with Crippen LogP contribution >= 0.6 is 45.3 Å². The first-order valence-corrected chi connectivity index (χ1v) is 45.6. The lowest BCUT2D eigenvalue weighted by molar-refractivity contribution is 0.101. The predicted octanol–water partition coefficient (Wildman–Crippen LogP) is 22.0. The number of pyridine rings is 8. The van der Waals surface area contributed by atoms with Crippen molar-refractivity contribution in [3.63, 3.8) is 0 Å². The first-order chi connectivity index (χ1) is 65.4. The highest BCUT2D eigenvalue weighted by Gasteiger charge is 2.25. The van der Waals surface area contributed by atoms with E-state index in [2.05, 4.69) is 138 Å². The van der Waals surface area contributed by atoms with Gasteiger partial charge in [0.15, 0.2) is 69.0 Å². The number of benzene rings is 4. The van der Waals surface area contributed by atoms with E-state index in [1.54, 1.807) is 64.9 Å². The van der Waals surface area contributed by atoms with E-state index in [0.717, 1.165) is 218 Å². The minimum absolute atomic E-state index is 0.0590. The minimum Gasteiger partial charge on any atom is -0.397 e. The normalized spacial score (nSPS) is 11.4. The number of aromatic amines is 8. The Morgan fingerprint density at radius 1 is 0.336 bits per heavy atom. The number of anilines is 1. The van der Waals surface area contributed by atoms with Crippen LogP contribution in [0.5, 0.6) is 0 Å². The van der Waals surface area contributed by atoms with Gasteiger partial charge in [-0.2, -0.15) is 20.4 Å². The van der Waals surface area contributed by atoms with Crippen LogP contribution in [0.4, 0.5) is 5.69 Å². The van der Waals surface area contributed by atoms with Crippen LogP contribution in [-0.4, -0.2) is 150 Å². The summed E-state index contributed by atoms with van der Waals surface area (Å²) < 4.78 is 0. The molecule has 0 aliphatic rings. The van der Waals surface area contributed by atoms with Crippen molar-refractivity contribution in [2.45, 2.75) is 48.1 Å². The van der Waals surface area contributed by atoms with Gasteiger partial charge >= 0.3 is 0 Å². The summed E-state index contributed by atoms with van der Waals surface area (Å²) in [5, 5.41) is 36.7. The number of nitrogens with two attached hydrogens (primary N) is 1. The SMILES string of the molecule is CC(=O)c1ccc(-c2cccc3[nH]c(-c4[nH]nc5ncc(-c6cccnc6)cc45)nc23)s1.CC(=O)c1ccc(-c2cccc3[nH]c(-c4[nH]nc5ncc(-c6cncc(N)c6)cc45)nc23)s1.CC(=O)c1ccc(-c2cccc3[nH]c(-c4[nH]nc5ncc(-c6cnccc6C)cc45)nc23)s1.CCNCc1cncc(-c2cnc3n[nH]c(-c4nc5c(-c6ccc(C(C)=O)s6)cccc5[nH]4)c3c2)c1. The Kier molecular flexibility index (Phi) is 22.2. The lowest BCUT2D eigenvalue weighted by Gasteiger charge is -2.05. The molecule has 34 heteroatoms. The standard InChI is InChI=1S/C27H23N7OS.C25H18N6OS.C24H17N7OS.C24H16N6OS/c1-3-28-11-16-9-17(13-29-12-16)18-10-20-25(33-34-26(20)30-14-18)27-31-21-6-4-5-19(24(21)32-27)23-8-7-22(36-23)15(2)35;1-13-8-9-26-12-18(13)15-10-17-23(30-31-24(17)27-11-15)25-28-19-5-3-4-16(22(19)29-25)21-7-6-20(33-21)14(2)32;1-12(32)19-5-6-20(33-19)16-3-2-4-18-21(16)29-24(28-18)22-17-8-14(10-27-23(17)31-30-22)13-7-15(25)11-26-9-13;1-13(31)19-7-8-20(32-19)16-5-2-6-18-21(16)28-24(27-18)22-17-10-15(12-26-23(17)30-29-22)14-4-3-9-25-11-14/h4-10,12-14,28H,3,11H2,1-2H3,(H,31,32)(H,30,33,34);3-12H,1-2H3,(H,28,29)(H,27,30,31);2-11H,25H2,1H3,(H,28,29)(H,27,30,31);2-12H,1H3,(H,27,28)(H,26,29,30). The van der Waals surface area contributed by atoms with Crippen molar-refractivity contribution in [2.24, 2.45) is 0 Å². The van der Waals surface area contributed by atoms with Gasteiger partial charge in [-0.05, 0) is 174 Å². The summed E-state index contributed by atoms with van der Waals surface area (Å²) >= 11 is 5.91. The van der Waals surface area contributed by atoms with Gasteiger partial charge in [0.05, 0.1) is 90.9 Å². The van der Waals surface area contributed by atoms with Gasteiger partial charge in [0.1, 0.15) is 22.8 Å². The number of nitrogens with zero attached hydrogens (tertiary/aromatic N) is 16. The largest absolute Gasteiger partial charge is 0.397 e. The Morgan fingerprint density at radius 2 is 0.679 bits per heavy atom. The molecule has 0 fully saturated rings. The van der Waals surface area contributed by atoms with Gasteiger partial charge in [0.2, 0.25) is 0 Å². The van der Waals surface area contributed by atoms with Crippen molar-refractivity contribution in [1.82, 2.24) is 126 Å². The fraction of sp³-hybridized carbons (Fsp3) is 0.0800. The number of Topliss-reactive ketones (excluding diaryl/α,β-unsaturated/α-hetero) is 4. The highest BCUT2D eigenvalue weighted by Crippen LogP contribution is 2.43. The third-order valence-electron chi connectivity index (χ3n) is 22.7. The first kappa shape index (κ1) is 84.0. The third kappa shape index (κ3) is 16.4. The van der Waals surface area contributed by atoms with Crippen LogP contribution < -0.4 is 11.1 Å². The van der Waals surface area contributed by atoms with Crippen LogP contribution in [0.3, 0.4) is 0 Å². The number of aryl methyl sites for hydroxylation is 1. The molecule has 30 nitrogen and oxygen atoms in total. The number of ketones is 4. The summed E-state index contributed by atoms with van der Waals surface area (Å²) in [6.45, 7) is 12.1. The number of carbonyl (C=O) groups is 4. The maximum Gasteiger partial charge on any atom is 0.181 e. The van der Waals surface area contributed by atoms with E-state index in [0.29, 0.717) is 51.6 Å². The van der Waals surface area contributed by atoms with Crippen LogP contribution in [0.1, 0.15) is 84.4 Å². The minimum atomic E-state index is 0.0590. The molecule has 0 unspecified atom stereocenters. The number of thiophene rings is 4. The Labute approximate surface area is 775 Å². The number of nitrogen functional groups attached to an aromatic ring is 1. The molecule has 134 heavy (non-hydrogen) atoms. The number of nitrogens with one attached hydrogen (secondary N) is 9. The summed E-state index contributed by atoms with van der Waals surface area (Å²) in [6.07, 6.45) is 21.5. The quantitative estimate of drug-likeness (QED) is 0.0336. The number of imidazole rings is 4. The Bertz CT molecular complexity index is 8690. The summed E-state index contributed by atoms with van der Waals surface area (Å²) in [7, 11) is 0. The smallest absolute Gasteiger partial charge is 0.181 e. The van der Waals surface area contributed by atoms with E-state index in [1.807, 2.05) is 195 Å². The van der Waals surface area contributed by atoms with Crippen molar-refractivity contribution in [1.29, 1.82) is 0 Å². The highest BCUT2D eigenvalue weighted by molar-refractivity contribution is 7.18. The summed E-state index contributed by atoms with van der Waals surface area (Å²) in [5.41, 5.74) is 32.9. The van der Waals surface area contributed by atoms with Gasteiger partial charge in [-0.25, -0.2) is 39.9 Å². The average molecular weight is 1830 g/mol. The number of aromatic nitrogens is 24. The zero-order valence-corrected chi connectivity index (χ0v) is 75.4. The maximum absolute atomic E-state index is 11.8. The zero-order valence-electron chi connectivity index (χ0n) is 72.1. The second-order valence-corrected chi connectivity index (χ2v) is 35.9. The molecule has 4 aromatic carbocycles. The molecule has 0 bridgehead atoms. The Hall–Kier alpha value is -16.9. The van der Waals surface area contributed by atoms with Crippen molar-refractivity contribution in [3.8, 4) is 132 Å². The van der Waals surface area contributed by atoms with Crippen LogP contribution in [0.15, 0.2) is 250 Å². The molecular formula is C100H74N26O4S4. The molecular weight excluding hydrogens is 1760 g/mol. The second-order valence-electron chi connectivity index (χ2n) is 31.6. The van der Waals surface area contributed by atoms with Crippen LogP contribution in [-0.2, 0) is 6.54 Å². The number of hydrogen-bond donors (Lipinski definition) is 10. The fourth-order valence-electron chi connectivity index (χ4n) is 16.0. The van der Waals surface area contributed by atoms with E-state index >= 15 is 0 Å². The van der Waals surface area contributed by atoms with Gasteiger partial charge in [-0.1, -0.05) is 61.5 Å². The van der Waals surface area contributed by atoms with E-state index in [-0.39, 0.29) is 23.1 Å². The molecule has 24 aromatic rings. The topological polar surface area (TPSA) is 439 Å². The van der Waals surface area contributed by atoms with Crippen LogP contribution in [0.2, 0.25) is 0 Å². The molecule has 0 saturated carbocycles. The van der Waals surface area contributed by atoms with E-state index in [1.165, 1.54) is 45.3 Å². The van der Waals surface area contributed by atoms with Gasteiger partial charge in [-0.3, -0.25) is 59.5 Å². The second kappa shape index (κ2) is 35.5. The molecule has 20 heterocycles. The summed E-state index contributed by atoms with van der Waals surface area (Å²) in [6, 6.07) is 57.4. The van der Waals surface area contributed by atoms with Crippen LogP contribution in [0, 0.1) is 6.92 Å². The number of carbonyl (C=O) groups excluding carboxylic acids is 4. The summed E-state index contributed by atoms with van der Waals surface area (Å²) in [5.74, 6) is 2.97. The molecule has 0 amide bonds.